The monoisotopic (exact) mass is 940 g/mol. The fraction of sp³-hybridized carbons (Fsp3) is 0.192. The molecule has 1 saturated carbocycles. The quantitative estimate of drug-likeness (QED) is 0.149. The van der Waals surface area contributed by atoms with Gasteiger partial charge in [0.05, 0.1) is 0 Å². The van der Waals surface area contributed by atoms with Crippen LogP contribution >= 0.6 is 0 Å². The van der Waals surface area contributed by atoms with Gasteiger partial charge in [-0.3, -0.25) is 0 Å². The number of aryl methyl sites for hydroxylation is 3. The molecule has 0 spiro atoms. The molecule has 8 aromatic rings. The number of ether oxygens (including phenoxy) is 1. The molecule has 6 aromatic carbocycles. The van der Waals surface area contributed by atoms with Gasteiger partial charge in [0.25, 0.3) is 0 Å². The SMILES string of the molecule is [2H]C1([2H])CCCC([2H])([2H])C1(c1ccccc1)c1ccnc(-n2c3[c-]c(Oc4[c-]c(N5[CH-]N(C)c6ccccc65)cc(-c5c(C)cc(C)cc5C)c4)ccc3c3ccccc32)c1.[Pt]. The number of pyridine rings is 1. The van der Waals surface area contributed by atoms with Crippen molar-refractivity contribution in [3.8, 4) is 28.4 Å². The predicted molar refractivity (Wildman–Crippen MR) is 234 cm³/mol. The summed E-state index contributed by atoms with van der Waals surface area (Å²) in [4.78, 5) is 9.15. The van der Waals surface area contributed by atoms with Gasteiger partial charge in [-0.2, -0.15) is 12.7 Å². The molecule has 292 valence electrons. The van der Waals surface area contributed by atoms with Crippen molar-refractivity contribution >= 4 is 38.9 Å². The smallest absolute Gasteiger partial charge is 0.135 e. The average molecular weight is 941 g/mol. The Bertz CT molecular complexity index is 2960. The Morgan fingerprint density at radius 1 is 0.707 bits per heavy atom. The molecule has 3 heterocycles. The maximum atomic E-state index is 9.49. The first-order valence-electron chi connectivity index (χ1n) is 21.6. The molecule has 6 heteroatoms. The van der Waals surface area contributed by atoms with Gasteiger partial charge in [0.15, 0.2) is 0 Å². The second kappa shape index (κ2) is 15.3. The van der Waals surface area contributed by atoms with E-state index in [0.717, 1.165) is 50.0 Å². The fourth-order valence-corrected chi connectivity index (χ4v) is 8.98. The van der Waals surface area contributed by atoms with E-state index in [2.05, 4.69) is 85.8 Å². The van der Waals surface area contributed by atoms with E-state index in [-0.39, 0.29) is 33.9 Å². The van der Waals surface area contributed by atoms with Crippen LogP contribution in [0, 0.1) is 39.6 Å². The van der Waals surface area contributed by atoms with Crippen molar-refractivity contribution in [2.24, 2.45) is 0 Å². The Kier molecular flexibility index (Phi) is 8.78. The van der Waals surface area contributed by atoms with Crippen LogP contribution < -0.4 is 14.5 Å². The Labute approximate surface area is 361 Å². The molecule has 0 bridgehead atoms. The molecule has 1 aliphatic heterocycles. The van der Waals surface area contributed by atoms with Crippen molar-refractivity contribution in [1.82, 2.24) is 9.55 Å². The van der Waals surface area contributed by atoms with Crippen LogP contribution in [0.3, 0.4) is 0 Å². The summed E-state index contributed by atoms with van der Waals surface area (Å²) in [6.45, 7) is 8.50. The summed E-state index contributed by atoms with van der Waals surface area (Å²) in [6, 6.07) is 49.3. The van der Waals surface area contributed by atoms with Crippen LogP contribution in [-0.4, -0.2) is 16.6 Å². The van der Waals surface area contributed by atoms with Crippen molar-refractivity contribution in [1.29, 1.82) is 0 Å². The van der Waals surface area contributed by atoms with Crippen LogP contribution in [0.1, 0.15) is 65.3 Å². The number of rotatable bonds is 7. The van der Waals surface area contributed by atoms with Gasteiger partial charge in [-0.05, 0) is 104 Å². The van der Waals surface area contributed by atoms with E-state index in [4.69, 9.17) is 9.72 Å². The minimum Gasteiger partial charge on any atom is -0.509 e. The van der Waals surface area contributed by atoms with Gasteiger partial charge in [-0.15, -0.1) is 47.0 Å². The Hall–Kier alpha value is -5.64. The second-order valence-corrected chi connectivity index (χ2v) is 15.2. The summed E-state index contributed by atoms with van der Waals surface area (Å²) in [7, 11) is 2.05. The summed E-state index contributed by atoms with van der Waals surface area (Å²) in [5, 5.41) is 1.95. The third-order valence-corrected chi connectivity index (χ3v) is 11.4. The molecule has 10 rings (SSSR count). The predicted octanol–water partition coefficient (Wildman–Crippen LogP) is 13.1. The summed E-state index contributed by atoms with van der Waals surface area (Å²) < 4.78 is 46.8. The second-order valence-electron chi connectivity index (χ2n) is 15.2. The summed E-state index contributed by atoms with van der Waals surface area (Å²) >= 11 is 0. The number of benzene rings is 6. The topological polar surface area (TPSA) is 33.5 Å². The average Bonchev–Trinajstić information content (AvgIpc) is 3.74. The van der Waals surface area contributed by atoms with Gasteiger partial charge in [0.1, 0.15) is 5.82 Å². The van der Waals surface area contributed by atoms with Crippen LogP contribution in [0.25, 0.3) is 38.8 Å². The number of anilines is 3. The van der Waals surface area contributed by atoms with Crippen molar-refractivity contribution in [3.63, 3.8) is 0 Å². The van der Waals surface area contributed by atoms with E-state index in [1.807, 2.05) is 96.5 Å². The zero-order valence-electron chi connectivity index (χ0n) is 36.9. The molecule has 2 aromatic heterocycles. The van der Waals surface area contributed by atoms with Gasteiger partial charge in [-0.1, -0.05) is 103 Å². The van der Waals surface area contributed by atoms with E-state index in [9.17, 15) is 5.48 Å². The third-order valence-electron chi connectivity index (χ3n) is 11.4. The van der Waals surface area contributed by atoms with Gasteiger partial charge in [-0.25, -0.2) is 4.98 Å². The normalized spacial score (nSPS) is 17.5. The Balaban J connectivity index is 0.00000490. The van der Waals surface area contributed by atoms with Crippen LogP contribution in [0.4, 0.5) is 17.1 Å². The molecule has 2 aliphatic rings. The van der Waals surface area contributed by atoms with E-state index in [0.29, 0.717) is 34.9 Å². The molecule has 0 N–H and O–H groups in total. The molecular formula is C52H45N4OPt-3. The molecule has 1 fully saturated rings. The molecule has 0 amide bonds. The molecule has 0 unspecified atom stereocenters. The van der Waals surface area contributed by atoms with E-state index >= 15 is 0 Å². The van der Waals surface area contributed by atoms with Crippen LogP contribution in [-0.2, 0) is 26.5 Å². The molecule has 0 saturated heterocycles. The molecule has 58 heavy (non-hydrogen) atoms. The molecule has 5 nitrogen and oxygen atoms in total. The van der Waals surface area contributed by atoms with E-state index < -0.39 is 18.2 Å². The number of aromatic nitrogens is 2. The molecule has 1 aliphatic carbocycles. The maximum Gasteiger partial charge on any atom is 0.135 e. The molecule has 0 atom stereocenters. The first kappa shape index (κ1) is 33.3. The van der Waals surface area contributed by atoms with E-state index in [1.54, 1.807) is 12.3 Å². The van der Waals surface area contributed by atoms with Crippen molar-refractivity contribution in [2.45, 2.75) is 58.2 Å². The fourth-order valence-electron chi connectivity index (χ4n) is 8.98. The summed E-state index contributed by atoms with van der Waals surface area (Å²) in [6.07, 6.45) is -1.14. The minimum atomic E-state index is -1.88. The minimum absolute atomic E-state index is 0. The maximum absolute atomic E-state index is 9.49. The van der Waals surface area contributed by atoms with Crippen LogP contribution in [0.15, 0.2) is 134 Å². The summed E-state index contributed by atoms with van der Waals surface area (Å²) in [5.41, 5.74) is 9.94. The van der Waals surface area contributed by atoms with Gasteiger partial charge in [0.2, 0.25) is 0 Å². The molecular weight excluding hydrogens is 892 g/mol. The Morgan fingerprint density at radius 3 is 2.22 bits per heavy atom. The first-order valence-corrected chi connectivity index (χ1v) is 19.6. The molecule has 0 radical (unpaired) electrons. The van der Waals surface area contributed by atoms with Gasteiger partial charge >= 0.3 is 0 Å². The number of fused-ring (bicyclic) bond motifs is 4. The number of hydrogen-bond donors (Lipinski definition) is 0. The van der Waals surface area contributed by atoms with Crippen molar-refractivity contribution in [3.05, 3.63) is 180 Å². The zero-order valence-corrected chi connectivity index (χ0v) is 35.2. The van der Waals surface area contributed by atoms with E-state index in [1.165, 1.54) is 16.7 Å². The van der Waals surface area contributed by atoms with Crippen LogP contribution in [0.2, 0.25) is 0 Å². The van der Waals surface area contributed by atoms with Crippen LogP contribution in [0.5, 0.6) is 11.5 Å². The number of para-hydroxylation sites is 3. The Morgan fingerprint density at radius 2 is 1.43 bits per heavy atom. The van der Waals surface area contributed by atoms with Crippen molar-refractivity contribution in [2.75, 3.05) is 16.8 Å². The first-order chi connectivity index (χ1) is 29.4. The van der Waals surface area contributed by atoms with Gasteiger partial charge < -0.3 is 19.1 Å². The third kappa shape index (κ3) is 6.50. The van der Waals surface area contributed by atoms with Crippen molar-refractivity contribution < 1.29 is 31.3 Å². The standard InChI is InChI=1S/C52H45N4O.Pt/c1-35-27-36(2)51(37(3)28-35)38-29-41(55-34-54(4)47-19-11-12-20-48(47)55)32-43(30-38)57-42-21-22-45-44-17-9-10-18-46(44)56(49(45)33-42)50-31-40(23-26-53-50)52(24-13-6-14-25-52)39-15-7-5-8-16-39;/h5,7-12,15-23,26-31,34H,6,13-14,24-25H2,1-4H3;/q-3;/i24D2,25D2;. The van der Waals surface area contributed by atoms with Gasteiger partial charge in [0, 0.05) is 66.6 Å². The largest absolute Gasteiger partial charge is 0.509 e. The number of nitrogens with zero attached hydrogens (tertiary/aromatic N) is 4. The summed E-state index contributed by atoms with van der Waals surface area (Å²) in [5.74, 6) is 1.57. The number of hydrogen-bond acceptors (Lipinski definition) is 4. The zero-order chi connectivity index (χ0) is 42.3.